The largest absolute Gasteiger partial charge is 0.486 e. The summed E-state index contributed by atoms with van der Waals surface area (Å²) in [4.78, 5) is 23.3. The van der Waals surface area contributed by atoms with Crippen LogP contribution in [0.4, 0.5) is 5.69 Å². The van der Waals surface area contributed by atoms with Crippen molar-refractivity contribution in [2.45, 2.75) is 6.42 Å². The second-order valence-corrected chi connectivity index (χ2v) is 6.06. The first-order chi connectivity index (χ1) is 12.5. The standard InChI is InChI=1S/C19H17ClN2O4/c20-14-9-12(10-16-19(14)26-8-7-25-16)5-6-18(24)22-15-4-2-1-3-13(15)11-17(21)23/h1-6,9-10H,7-8,11H2,(H2,21,23)(H,22,24)/b6-5+. The molecule has 2 amide bonds. The van der Waals surface area contributed by atoms with Crippen molar-refractivity contribution in [1.82, 2.24) is 0 Å². The Kier molecular flexibility index (Phi) is 5.43. The molecule has 0 aromatic heterocycles. The topological polar surface area (TPSA) is 90.7 Å². The Labute approximate surface area is 155 Å². The van der Waals surface area contributed by atoms with Crippen LogP contribution in [0.1, 0.15) is 11.1 Å². The van der Waals surface area contributed by atoms with Gasteiger partial charge in [-0.1, -0.05) is 29.8 Å². The molecule has 0 saturated carbocycles. The van der Waals surface area contributed by atoms with Gasteiger partial charge in [-0.2, -0.15) is 0 Å². The van der Waals surface area contributed by atoms with Gasteiger partial charge in [0.2, 0.25) is 11.8 Å². The maximum atomic E-state index is 12.2. The number of halogens is 1. The molecule has 0 bridgehead atoms. The number of rotatable bonds is 5. The SMILES string of the molecule is NC(=O)Cc1ccccc1NC(=O)/C=C/c1cc(Cl)c2c(c1)OCCO2. The summed E-state index contributed by atoms with van der Waals surface area (Å²) in [6.45, 7) is 0.905. The van der Waals surface area contributed by atoms with Crippen molar-refractivity contribution in [3.63, 3.8) is 0 Å². The molecule has 0 spiro atoms. The number of carbonyl (C=O) groups excluding carboxylic acids is 2. The molecular weight excluding hydrogens is 356 g/mol. The van der Waals surface area contributed by atoms with E-state index in [9.17, 15) is 9.59 Å². The van der Waals surface area contributed by atoms with E-state index in [1.54, 1.807) is 42.5 Å². The highest BCUT2D eigenvalue weighted by atomic mass is 35.5. The minimum atomic E-state index is -0.465. The third-order valence-corrected chi connectivity index (χ3v) is 3.97. The number of hydrogen-bond donors (Lipinski definition) is 2. The number of nitrogens with one attached hydrogen (secondary N) is 1. The Balaban J connectivity index is 1.73. The minimum absolute atomic E-state index is 0.0535. The van der Waals surface area contributed by atoms with Crippen LogP contribution < -0.4 is 20.5 Å². The Morgan fingerprint density at radius 1 is 1.19 bits per heavy atom. The summed E-state index contributed by atoms with van der Waals surface area (Å²) >= 11 is 6.18. The summed E-state index contributed by atoms with van der Waals surface area (Å²) in [5.41, 5.74) is 7.14. The van der Waals surface area contributed by atoms with Crippen LogP contribution in [0.5, 0.6) is 11.5 Å². The number of nitrogens with two attached hydrogens (primary N) is 1. The first-order valence-corrected chi connectivity index (χ1v) is 8.35. The fourth-order valence-electron chi connectivity index (χ4n) is 2.56. The zero-order valence-corrected chi connectivity index (χ0v) is 14.6. The van der Waals surface area contributed by atoms with Crippen molar-refractivity contribution in [2.24, 2.45) is 5.73 Å². The minimum Gasteiger partial charge on any atom is -0.486 e. The van der Waals surface area contributed by atoms with E-state index < -0.39 is 5.91 Å². The van der Waals surface area contributed by atoms with Crippen molar-refractivity contribution >= 4 is 35.2 Å². The number of hydrogen-bond acceptors (Lipinski definition) is 4. The number of para-hydroxylation sites is 1. The van der Waals surface area contributed by atoms with Crippen molar-refractivity contribution in [1.29, 1.82) is 0 Å². The predicted molar refractivity (Wildman–Crippen MR) is 99.4 cm³/mol. The van der Waals surface area contributed by atoms with E-state index in [4.69, 9.17) is 26.8 Å². The second kappa shape index (κ2) is 7.93. The van der Waals surface area contributed by atoms with Gasteiger partial charge < -0.3 is 20.5 Å². The molecule has 0 unspecified atom stereocenters. The molecule has 26 heavy (non-hydrogen) atoms. The van der Waals surface area contributed by atoms with E-state index in [0.29, 0.717) is 46.5 Å². The first kappa shape index (κ1) is 17.8. The number of fused-ring (bicyclic) bond motifs is 1. The lowest BCUT2D eigenvalue weighted by molar-refractivity contribution is -0.117. The lowest BCUT2D eigenvalue weighted by atomic mass is 10.1. The van der Waals surface area contributed by atoms with Crippen LogP contribution in [0.3, 0.4) is 0 Å². The van der Waals surface area contributed by atoms with Gasteiger partial charge in [0, 0.05) is 11.8 Å². The van der Waals surface area contributed by atoms with Gasteiger partial charge in [-0.3, -0.25) is 9.59 Å². The molecule has 3 rings (SSSR count). The highest BCUT2D eigenvalue weighted by molar-refractivity contribution is 6.32. The van der Waals surface area contributed by atoms with E-state index in [1.807, 2.05) is 0 Å². The molecular formula is C19H17ClN2O4. The van der Waals surface area contributed by atoms with Crippen molar-refractivity contribution in [3.8, 4) is 11.5 Å². The highest BCUT2D eigenvalue weighted by Gasteiger charge is 2.16. The molecule has 0 aliphatic carbocycles. The molecule has 0 fully saturated rings. The number of primary amides is 1. The average molecular weight is 373 g/mol. The van der Waals surface area contributed by atoms with Gasteiger partial charge in [0.15, 0.2) is 11.5 Å². The zero-order chi connectivity index (χ0) is 18.5. The first-order valence-electron chi connectivity index (χ1n) is 7.97. The van der Waals surface area contributed by atoms with Gasteiger partial charge in [-0.25, -0.2) is 0 Å². The molecule has 2 aromatic carbocycles. The van der Waals surface area contributed by atoms with Crippen molar-refractivity contribution in [3.05, 3.63) is 58.6 Å². The van der Waals surface area contributed by atoms with Gasteiger partial charge in [0.25, 0.3) is 0 Å². The lowest BCUT2D eigenvalue weighted by Gasteiger charge is -2.19. The normalized spacial score (nSPS) is 12.8. The number of amides is 2. The second-order valence-electron chi connectivity index (χ2n) is 5.65. The highest BCUT2D eigenvalue weighted by Crippen LogP contribution is 2.38. The third-order valence-electron chi connectivity index (χ3n) is 3.69. The molecule has 0 atom stereocenters. The molecule has 3 N–H and O–H groups in total. The van der Waals surface area contributed by atoms with Crippen LogP contribution in [0.2, 0.25) is 5.02 Å². The van der Waals surface area contributed by atoms with Crippen molar-refractivity contribution in [2.75, 3.05) is 18.5 Å². The van der Waals surface area contributed by atoms with E-state index in [1.165, 1.54) is 6.08 Å². The van der Waals surface area contributed by atoms with Crippen molar-refractivity contribution < 1.29 is 19.1 Å². The van der Waals surface area contributed by atoms with E-state index in [-0.39, 0.29) is 12.3 Å². The van der Waals surface area contributed by atoms with Crippen LogP contribution in [-0.4, -0.2) is 25.0 Å². The van der Waals surface area contributed by atoms with Gasteiger partial charge in [0.05, 0.1) is 11.4 Å². The average Bonchev–Trinajstić information content (AvgIpc) is 2.61. The molecule has 6 nitrogen and oxygen atoms in total. The number of anilines is 1. The van der Waals surface area contributed by atoms with Crippen LogP contribution in [-0.2, 0) is 16.0 Å². The number of ether oxygens (including phenoxy) is 2. The van der Waals surface area contributed by atoms with E-state index in [0.717, 1.165) is 0 Å². The van der Waals surface area contributed by atoms with Gasteiger partial charge >= 0.3 is 0 Å². The molecule has 134 valence electrons. The summed E-state index contributed by atoms with van der Waals surface area (Å²) in [7, 11) is 0. The number of carbonyl (C=O) groups is 2. The summed E-state index contributed by atoms with van der Waals surface area (Å²) in [5.74, 6) is 0.261. The summed E-state index contributed by atoms with van der Waals surface area (Å²) < 4.78 is 11.0. The fourth-order valence-corrected chi connectivity index (χ4v) is 2.83. The van der Waals surface area contributed by atoms with E-state index >= 15 is 0 Å². The fraction of sp³-hybridized carbons (Fsp3) is 0.158. The smallest absolute Gasteiger partial charge is 0.248 e. The van der Waals surface area contributed by atoms with Gasteiger partial charge in [-0.05, 0) is 35.4 Å². The Morgan fingerprint density at radius 3 is 2.77 bits per heavy atom. The quantitative estimate of drug-likeness (QED) is 0.789. The Bertz CT molecular complexity index is 880. The van der Waals surface area contributed by atoms with E-state index in [2.05, 4.69) is 5.32 Å². The lowest BCUT2D eigenvalue weighted by Crippen LogP contribution is -2.16. The zero-order valence-electron chi connectivity index (χ0n) is 13.8. The van der Waals surface area contributed by atoms with Gasteiger partial charge in [-0.15, -0.1) is 0 Å². The molecule has 1 heterocycles. The Morgan fingerprint density at radius 2 is 1.96 bits per heavy atom. The molecule has 7 heteroatoms. The van der Waals surface area contributed by atoms with Crippen LogP contribution in [0.15, 0.2) is 42.5 Å². The summed E-state index contributed by atoms with van der Waals surface area (Å²) in [6, 6.07) is 10.5. The molecule has 1 aliphatic heterocycles. The predicted octanol–water partition coefficient (Wildman–Crippen LogP) is 2.79. The van der Waals surface area contributed by atoms with Gasteiger partial charge in [0.1, 0.15) is 13.2 Å². The third kappa shape index (κ3) is 4.34. The Hall–Kier alpha value is -2.99. The molecule has 0 radical (unpaired) electrons. The van der Waals surface area contributed by atoms with Crippen LogP contribution >= 0.6 is 11.6 Å². The molecule has 0 saturated heterocycles. The maximum absolute atomic E-state index is 12.2. The van der Waals surface area contributed by atoms with Crippen LogP contribution in [0, 0.1) is 0 Å². The maximum Gasteiger partial charge on any atom is 0.248 e. The molecule has 2 aromatic rings. The summed E-state index contributed by atoms with van der Waals surface area (Å²) in [6.07, 6.45) is 3.05. The number of benzene rings is 2. The summed E-state index contributed by atoms with van der Waals surface area (Å²) in [5, 5.41) is 3.17. The monoisotopic (exact) mass is 372 g/mol. The van der Waals surface area contributed by atoms with Crippen LogP contribution in [0.25, 0.3) is 6.08 Å². The molecule has 1 aliphatic rings.